The standard InChI is InChI=1S/C15H18O2/c1-3-10-15(11-4-5-14(15)16)12-6-8-13(17-2)9-7-12/h3,6-9H,1,4-5,10-11H2,2H3/t15-/m1/s1. The van der Waals surface area contributed by atoms with Crippen LogP contribution >= 0.6 is 0 Å². The first-order valence-electron chi connectivity index (χ1n) is 6.02. The first kappa shape index (κ1) is 11.9. The zero-order valence-corrected chi connectivity index (χ0v) is 10.2. The third-order valence-electron chi connectivity index (χ3n) is 3.68. The van der Waals surface area contributed by atoms with Gasteiger partial charge >= 0.3 is 0 Å². The molecule has 0 unspecified atom stereocenters. The number of hydrogen-bond acceptors (Lipinski definition) is 2. The van der Waals surface area contributed by atoms with Crippen molar-refractivity contribution in [3.63, 3.8) is 0 Å². The maximum Gasteiger partial charge on any atom is 0.143 e. The number of carbonyl (C=O) groups excluding carboxylic acids is 1. The third-order valence-corrected chi connectivity index (χ3v) is 3.68. The number of ether oxygens (including phenoxy) is 1. The van der Waals surface area contributed by atoms with Gasteiger partial charge in [0.15, 0.2) is 0 Å². The van der Waals surface area contributed by atoms with Crippen LogP contribution in [0.25, 0.3) is 0 Å². The van der Waals surface area contributed by atoms with E-state index in [4.69, 9.17) is 4.74 Å². The van der Waals surface area contributed by atoms with E-state index in [1.807, 2.05) is 30.3 Å². The van der Waals surface area contributed by atoms with Gasteiger partial charge in [-0.15, -0.1) is 6.58 Å². The first-order valence-corrected chi connectivity index (χ1v) is 6.02. The highest BCUT2D eigenvalue weighted by molar-refractivity contribution is 5.92. The minimum absolute atomic E-state index is 0.325. The van der Waals surface area contributed by atoms with Gasteiger partial charge in [0, 0.05) is 6.42 Å². The first-order chi connectivity index (χ1) is 8.23. The van der Waals surface area contributed by atoms with E-state index in [1.54, 1.807) is 7.11 Å². The number of Topliss-reactive ketones (excluding diaryl/α,β-unsaturated/α-hetero) is 1. The van der Waals surface area contributed by atoms with Crippen molar-refractivity contribution in [2.24, 2.45) is 0 Å². The average molecular weight is 230 g/mol. The van der Waals surface area contributed by atoms with E-state index in [1.165, 1.54) is 0 Å². The van der Waals surface area contributed by atoms with Crippen molar-refractivity contribution in [2.75, 3.05) is 7.11 Å². The summed E-state index contributed by atoms with van der Waals surface area (Å²) < 4.78 is 5.15. The molecule has 90 valence electrons. The van der Waals surface area contributed by atoms with Crippen LogP contribution in [0.1, 0.15) is 31.2 Å². The summed E-state index contributed by atoms with van der Waals surface area (Å²) in [5.74, 6) is 1.18. The smallest absolute Gasteiger partial charge is 0.143 e. The highest BCUT2D eigenvalue weighted by atomic mass is 16.5. The Morgan fingerprint density at radius 3 is 2.59 bits per heavy atom. The second-order valence-electron chi connectivity index (χ2n) is 4.58. The number of methoxy groups -OCH3 is 1. The molecule has 1 aromatic rings. The fourth-order valence-electron chi connectivity index (χ4n) is 2.72. The fourth-order valence-corrected chi connectivity index (χ4v) is 2.72. The number of allylic oxidation sites excluding steroid dienone is 1. The normalized spacial score (nSPS) is 23.7. The molecule has 2 nitrogen and oxygen atoms in total. The van der Waals surface area contributed by atoms with Gasteiger partial charge in [0.05, 0.1) is 12.5 Å². The molecule has 1 aliphatic rings. The van der Waals surface area contributed by atoms with Crippen molar-refractivity contribution in [3.8, 4) is 5.75 Å². The molecule has 1 saturated carbocycles. The van der Waals surface area contributed by atoms with Gasteiger partial charge in [0.1, 0.15) is 11.5 Å². The van der Waals surface area contributed by atoms with Crippen LogP contribution in [0, 0.1) is 0 Å². The van der Waals surface area contributed by atoms with Gasteiger partial charge in [0.2, 0.25) is 0 Å². The Labute approximate surface area is 102 Å². The predicted octanol–water partition coefficient (Wildman–Crippen LogP) is 3.26. The number of benzene rings is 1. The minimum Gasteiger partial charge on any atom is -0.497 e. The summed E-state index contributed by atoms with van der Waals surface area (Å²) in [5, 5.41) is 0. The van der Waals surface area contributed by atoms with E-state index in [9.17, 15) is 4.79 Å². The summed E-state index contributed by atoms with van der Waals surface area (Å²) in [7, 11) is 1.65. The number of ketones is 1. The molecule has 17 heavy (non-hydrogen) atoms. The van der Waals surface area contributed by atoms with Crippen LogP contribution in [0.3, 0.4) is 0 Å². The topological polar surface area (TPSA) is 26.3 Å². The lowest BCUT2D eigenvalue weighted by Gasteiger charge is -2.26. The predicted molar refractivity (Wildman–Crippen MR) is 68.3 cm³/mol. The highest BCUT2D eigenvalue weighted by Crippen LogP contribution is 2.41. The van der Waals surface area contributed by atoms with Crippen LogP contribution in [0.2, 0.25) is 0 Å². The Bertz CT molecular complexity index is 419. The summed E-state index contributed by atoms with van der Waals surface area (Å²) in [5.41, 5.74) is 0.772. The van der Waals surface area contributed by atoms with Crippen LogP contribution in [-0.4, -0.2) is 12.9 Å². The molecule has 1 atom stereocenters. The van der Waals surface area contributed by atoms with Crippen LogP contribution in [0.4, 0.5) is 0 Å². The van der Waals surface area contributed by atoms with Crippen LogP contribution in [0.15, 0.2) is 36.9 Å². The number of carbonyl (C=O) groups is 1. The molecule has 0 saturated heterocycles. The van der Waals surface area contributed by atoms with Crippen molar-refractivity contribution < 1.29 is 9.53 Å². The van der Waals surface area contributed by atoms with E-state index in [-0.39, 0.29) is 5.41 Å². The largest absolute Gasteiger partial charge is 0.497 e. The second-order valence-corrected chi connectivity index (χ2v) is 4.58. The zero-order valence-electron chi connectivity index (χ0n) is 10.2. The lowest BCUT2D eigenvalue weighted by Crippen LogP contribution is -2.30. The summed E-state index contributed by atoms with van der Waals surface area (Å²) in [4.78, 5) is 12.2. The Morgan fingerprint density at radius 1 is 1.41 bits per heavy atom. The summed E-state index contributed by atoms with van der Waals surface area (Å²) in [6.07, 6.45) is 5.20. The van der Waals surface area contributed by atoms with Gasteiger partial charge < -0.3 is 4.74 Å². The molecule has 1 aliphatic carbocycles. The maximum atomic E-state index is 12.2. The van der Waals surface area contributed by atoms with Crippen LogP contribution in [0.5, 0.6) is 5.75 Å². The Balaban J connectivity index is 2.38. The quantitative estimate of drug-likeness (QED) is 0.742. The molecule has 0 aliphatic heterocycles. The Morgan fingerprint density at radius 2 is 2.12 bits per heavy atom. The second kappa shape index (κ2) is 4.74. The van der Waals surface area contributed by atoms with Crippen molar-refractivity contribution in [1.82, 2.24) is 0 Å². The van der Waals surface area contributed by atoms with Crippen molar-refractivity contribution in [2.45, 2.75) is 31.1 Å². The Kier molecular flexibility index (Phi) is 3.32. The van der Waals surface area contributed by atoms with E-state index in [0.717, 1.165) is 30.6 Å². The average Bonchev–Trinajstić information content (AvgIpc) is 2.73. The van der Waals surface area contributed by atoms with Gasteiger partial charge in [-0.3, -0.25) is 4.79 Å². The third kappa shape index (κ3) is 1.99. The fraction of sp³-hybridized carbons (Fsp3) is 0.400. The van der Waals surface area contributed by atoms with E-state index >= 15 is 0 Å². The van der Waals surface area contributed by atoms with Crippen LogP contribution in [-0.2, 0) is 10.2 Å². The van der Waals surface area contributed by atoms with E-state index < -0.39 is 0 Å². The van der Waals surface area contributed by atoms with Crippen LogP contribution < -0.4 is 4.74 Å². The minimum atomic E-state index is -0.325. The summed E-state index contributed by atoms with van der Waals surface area (Å²) in [6.45, 7) is 3.79. The van der Waals surface area contributed by atoms with E-state index in [0.29, 0.717) is 12.2 Å². The lowest BCUT2D eigenvalue weighted by molar-refractivity contribution is -0.122. The zero-order chi connectivity index (χ0) is 12.3. The molecule has 0 heterocycles. The monoisotopic (exact) mass is 230 g/mol. The molecule has 0 spiro atoms. The molecular formula is C15H18O2. The number of hydrogen-bond donors (Lipinski definition) is 0. The summed E-state index contributed by atoms with van der Waals surface area (Å²) in [6, 6.07) is 7.86. The summed E-state index contributed by atoms with van der Waals surface area (Å²) >= 11 is 0. The molecule has 0 aromatic heterocycles. The molecule has 1 fully saturated rings. The molecule has 0 N–H and O–H groups in total. The molecule has 0 bridgehead atoms. The molecule has 2 heteroatoms. The van der Waals surface area contributed by atoms with Gasteiger partial charge in [-0.2, -0.15) is 0 Å². The van der Waals surface area contributed by atoms with E-state index in [2.05, 4.69) is 6.58 Å². The molecular weight excluding hydrogens is 212 g/mol. The molecule has 1 aromatic carbocycles. The van der Waals surface area contributed by atoms with Crippen molar-refractivity contribution >= 4 is 5.78 Å². The van der Waals surface area contributed by atoms with Crippen molar-refractivity contribution in [3.05, 3.63) is 42.5 Å². The van der Waals surface area contributed by atoms with Gasteiger partial charge in [-0.1, -0.05) is 18.2 Å². The maximum absolute atomic E-state index is 12.2. The van der Waals surface area contributed by atoms with Gasteiger partial charge in [0.25, 0.3) is 0 Å². The molecule has 0 radical (unpaired) electrons. The lowest BCUT2D eigenvalue weighted by atomic mass is 9.75. The van der Waals surface area contributed by atoms with Crippen molar-refractivity contribution in [1.29, 1.82) is 0 Å². The Hall–Kier alpha value is -1.57. The SMILES string of the molecule is C=CC[C@]1(c2ccc(OC)cc2)CCCC1=O. The number of rotatable bonds is 4. The molecule has 0 amide bonds. The molecule has 2 rings (SSSR count). The van der Waals surface area contributed by atoms with Gasteiger partial charge in [-0.25, -0.2) is 0 Å². The van der Waals surface area contributed by atoms with Gasteiger partial charge in [-0.05, 0) is 37.0 Å². The highest BCUT2D eigenvalue weighted by Gasteiger charge is 2.42.